The van der Waals surface area contributed by atoms with E-state index in [0.29, 0.717) is 36.8 Å². The molecule has 1 heterocycles. The number of hydrogen-bond acceptors (Lipinski definition) is 4. The molecule has 0 aliphatic heterocycles. The van der Waals surface area contributed by atoms with Crippen LogP contribution in [0.4, 0.5) is 0 Å². The van der Waals surface area contributed by atoms with Gasteiger partial charge in [-0.3, -0.25) is 4.79 Å². The number of aromatic nitrogens is 1. The maximum absolute atomic E-state index is 12.5. The molecule has 5 nitrogen and oxygen atoms in total. The average Bonchev–Trinajstić information content (AvgIpc) is 2.46. The monoisotopic (exact) mass is 295 g/mol. The van der Waals surface area contributed by atoms with Crippen LogP contribution in [0.1, 0.15) is 29.4 Å². The van der Waals surface area contributed by atoms with E-state index in [2.05, 4.69) is 4.98 Å². The van der Waals surface area contributed by atoms with Gasteiger partial charge in [0.1, 0.15) is 5.15 Å². The van der Waals surface area contributed by atoms with Crippen molar-refractivity contribution in [3.8, 4) is 6.07 Å². The summed E-state index contributed by atoms with van der Waals surface area (Å²) < 4.78 is 4.99. The number of nitrogens with zero attached hydrogens (tertiary/aromatic N) is 3. The van der Waals surface area contributed by atoms with Gasteiger partial charge in [0.05, 0.1) is 19.1 Å². The standard InChI is InChI=1S/C14H18ClN3O2/c1-3-12-9-11(10-13(15)17-12)14(19)18(6-4-5-16)7-8-20-2/h9-10H,3-4,6-8H2,1-2H3. The highest BCUT2D eigenvalue weighted by atomic mass is 35.5. The zero-order chi connectivity index (χ0) is 15.0. The quantitative estimate of drug-likeness (QED) is 0.724. The number of ether oxygens (including phenoxy) is 1. The minimum atomic E-state index is -0.156. The first-order chi connectivity index (χ1) is 9.62. The van der Waals surface area contributed by atoms with E-state index in [1.807, 2.05) is 13.0 Å². The van der Waals surface area contributed by atoms with Crippen molar-refractivity contribution in [2.45, 2.75) is 19.8 Å². The summed E-state index contributed by atoms with van der Waals surface area (Å²) in [6.07, 6.45) is 0.992. The van der Waals surface area contributed by atoms with Crippen LogP contribution in [0.3, 0.4) is 0 Å². The van der Waals surface area contributed by atoms with E-state index in [4.69, 9.17) is 21.6 Å². The molecule has 0 radical (unpaired) electrons. The summed E-state index contributed by atoms with van der Waals surface area (Å²) in [5, 5.41) is 8.97. The van der Waals surface area contributed by atoms with Gasteiger partial charge >= 0.3 is 0 Å². The van der Waals surface area contributed by atoms with Gasteiger partial charge in [0.15, 0.2) is 0 Å². The summed E-state index contributed by atoms with van der Waals surface area (Å²) in [5.74, 6) is -0.156. The van der Waals surface area contributed by atoms with Gasteiger partial charge in [-0.05, 0) is 18.6 Å². The SMILES string of the molecule is CCc1cc(C(=O)N(CCC#N)CCOC)cc(Cl)n1. The predicted molar refractivity (Wildman–Crippen MR) is 76.6 cm³/mol. The Kier molecular flexibility index (Phi) is 6.99. The van der Waals surface area contributed by atoms with Gasteiger partial charge in [0.2, 0.25) is 0 Å². The predicted octanol–water partition coefficient (Wildman–Crippen LogP) is 2.30. The topological polar surface area (TPSA) is 66.2 Å². The number of nitriles is 1. The van der Waals surface area contributed by atoms with Crippen molar-refractivity contribution < 1.29 is 9.53 Å². The maximum Gasteiger partial charge on any atom is 0.254 e. The number of carbonyl (C=O) groups is 1. The molecule has 20 heavy (non-hydrogen) atoms. The van der Waals surface area contributed by atoms with Crippen LogP contribution < -0.4 is 0 Å². The number of aryl methyl sites for hydroxylation is 1. The minimum Gasteiger partial charge on any atom is -0.383 e. The van der Waals surface area contributed by atoms with Crippen molar-refractivity contribution in [2.75, 3.05) is 26.8 Å². The smallest absolute Gasteiger partial charge is 0.254 e. The Morgan fingerprint density at radius 2 is 2.25 bits per heavy atom. The molecule has 0 N–H and O–H groups in total. The van der Waals surface area contributed by atoms with Crippen LogP contribution in [0, 0.1) is 11.3 Å². The van der Waals surface area contributed by atoms with Gasteiger partial charge < -0.3 is 9.64 Å². The summed E-state index contributed by atoms with van der Waals surface area (Å²) in [4.78, 5) is 18.2. The lowest BCUT2D eigenvalue weighted by Gasteiger charge is -2.21. The van der Waals surface area contributed by atoms with E-state index < -0.39 is 0 Å². The highest BCUT2D eigenvalue weighted by Gasteiger charge is 2.16. The fourth-order valence-electron chi connectivity index (χ4n) is 1.74. The molecule has 0 atom stereocenters. The molecule has 6 heteroatoms. The van der Waals surface area contributed by atoms with Crippen LogP contribution in [0.5, 0.6) is 0 Å². The molecule has 0 saturated heterocycles. The van der Waals surface area contributed by atoms with Gasteiger partial charge in [-0.2, -0.15) is 5.26 Å². The van der Waals surface area contributed by atoms with Crippen LogP contribution in [0.25, 0.3) is 0 Å². The number of amides is 1. The van der Waals surface area contributed by atoms with Crippen molar-refractivity contribution in [3.63, 3.8) is 0 Å². The lowest BCUT2D eigenvalue weighted by Crippen LogP contribution is -2.34. The first-order valence-electron chi connectivity index (χ1n) is 6.44. The molecular formula is C14H18ClN3O2. The fraction of sp³-hybridized carbons (Fsp3) is 0.500. The first-order valence-corrected chi connectivity index (χ1v) is 6.81. The first kappa shape index (κ1) is 16.4. The summed E-state index contributed by atoms with van der Waals surface area (Å²) >= 11 is 5.93. The van der Waals surface area contributed by atoms with Gasteiger partial charge in [0, 0.05) is 31.5 Å². The van der Waals surface area contributed by atoms with E-state index >= 15 is 0 Å². The van der Waals surface area contributed by atoms with Crippen LogP contribution in [-0.4, -0.2) is 42.6 Å². The largest absolute Gasteiger partial charge is 0.383 e. The highest BCUT2D eigenvalue weighted by molar-refractivity contribution is 6.29. The Labute approximate surface area is 124 Å². The third kappa shape index (κ3) is 4.80. The molecule has 1 aromatic heterocycles. The van der Waals surface area contributed by atoms with E-state index in [-0.39, 0.29) is 12.3 Å². The number of methoxy groups -OCH3 is 1. The van der Waals surface area contributed by atoms with Crippen molar-refractivity contribution in [1.82, 2.24) is 9.88 Å². The zero-order valence-electron chi connectivity index (χ0n) is 11.7. The molecule has 0 aliphatic rings. The number of halogens is 1. The second-order valence-electron chi connectivity index (χ2n) is 4.22. The number of carbonyl (C=O) groups excluding carboxylic acids is 1. The third-order valence-electron chi connectivity index (χ3n) is 2.80. The van der Waals surface area contributed by atoms with Crippen LogP contribution >= 0.6 is 11.6 Å². The van der Waals surface area contributed by atoms with Gasteiger partial charge in [-0.15, -0.1) is 0 Å². The van der Waals surface area contributed by atoms with Crippen molar-refractivity contribution in [2.24, 2.45) is 0 Å². The molecule has 0 aromatic carbocycles. The summed E-state index contributed by atoms with van der Waals surface area (Å²) in [6.45, 7) is 3.19. The summed E-state index contributed by atoms with van der Waals surface area (Å²) in [6, 6.07) is 5.33. The second-order valence-corrected chi connectivity index (χ2v) is 4.60. The average molecular weight is 296 g/mol. The van der Waals surface area contributed by atoms with Crippen LogP contribution in [0.2, 0.25) is 5.15 Å². The van der Waals surface area contributed by atoms with E-state index in [9.17, 15) is 4.79 Å². The molecule has 108 valence electrons. The lowest BCUT2D eigenvalue weighted by molar-refractivity contribution is 0.0699. The van der Waals surface area contributed by atoms with Gasteiger partial charge in [-0.1, -0.05) is 18.5 Å². The van der Waals surface area contributed by atoms with E-state index in [1.54, 1.807) is 24.1 Å². The summed E-state index contributed by atoms with van der Waals surface area (Å²) in [7, 11) is 1.57. The highest BCUT2D eigenvalue weighted by Crippen LogP contribution is 2.14. The Balaban J connectivity index is 2.92. The minimum absolute atomic E-state index is 0.156. The fourth-order valence-corrected chi connectivity index (χ4v) is 1.97. The number of rotatable bonds is 7. The van der Waals surface area contributed by atoms with Crippen molar-refractivity contribution in [1.29, 1.82) is 5.26 Å². The molecule has 1 rings (SSSR count). The molecule has 0 saturated carbocycles. The van der Waals surface area contributed by atoms with Gasteiger partial charge in [0.25, 0.3) is 5.91 Å². The molecule has 0 fully saturated rings. The third-order valence-corrected chi connectivity index (χ3v) is 3.00. The molecule has 0 bridgehead atoms. The normalized spacial score (nSPS) is 10.1. The Bertz CT molecular complexity index is 500. The van der Waals surface area contributed by atoms with Crippen molar-refractivity contribution in [3.05, 3.63) is 28.5 Å². The zero-order valence-corrected chi connectivity index (χ0v) is 12.5. The summed E-state index contributed by atoms with van der Waals surface area (Å²) in [5.41, 5.74) is 1.27. The second kappa shape index (κ2) is 8.51. The number of pyridine rings is 1. The molecule has 0 spiro atoms. The lowest BCUT2D eigenvalue weighted by atomic mass is 10.1. The van der Waals surface area contributed by atoms with Crippen LogP contribution in [0.15, 0.2) is 12.1 Å². The Morgan fingerprint density at radius 3 is 2.85 bits per heavy atom. The van der Waals surface area contributed by atoms with E-state index in [0.717, 1.165) is 5.69 Å². The molecule has 1 amide bonds. The molecular weight excluding hydrogens is 278 g/mol. The molecule has 0 aliphatic carbocycles. The van der Waals surface area contributed by atoms with Gasteiger partial charge in [-0.25, -0.2) is 4.98 Å². The maximum atomic E-state index is 12.5. The van der Waals surface area contributed by atoms with Crippen LogP contribution in [-0.2, 0) is 11.2 Å². The Morgan fingerprint density at radius 1 is 1.50 bits per heavy atom. The molecule has 0 unspecified atom stereocenters. The number of hydrogen-bond donors (Lipinski definition) is 0. The Hall–Kier alpha value is -1.64. The van der Waals surface area contributed by atoms with E-state index in [1.165, 1.54) is 0 Å². The molecule has 1 aromatic rings. The van der Waals surface area contributed by atoms with Crippen molar-refractivity contribution >= 4 is 17.5 Å².